The van der Waals surface area contributed by atoms with Crippen LogP contribution in [0.3, 0.4) is 0 Å². The van der Waals surface area contributed by atoms with Crippen LogP contribution >= 0.6 is 0 Å². The number of ether oxygens (including phenoxy) is 3. The quantitative estimate of drug-likeness (QED) is 0.385. The van der Waals surface area contributed by atoms with E-state index in [9.17, 15) is 0 Å². The largest absolute Gasteiger partial charge is 0.376 e. The van der Waals surface area contributed by atoms with Crippen molar-refractivity contribution in [3.8, 4) is 0 Å². The molecule has 0 saturated carbocycles. The molecule has 0 fully saturated rings. The van der Waals surface area contributed by atoms with Gasteiger partial charge in [0.15, 0.2) is 5.41 Å². The predicted octanol–water partition coefficient (Wildman–Crippen LogP) is 3.19. The number of hydrogen-bond acceptors (Lipinski definition) is 3. The van der Waals surface area contributed by atoms with Crippen molar-refractivity contribution in [2.24, 2.45) is 17.8 Å². The Bertz CT molecular complexity index is 234. The van der Waals surface area contributed by atoms with Crippen molar-refractivity contribution in [2.75, 3.05) is 26.4 Å². The van der Waals surface area contributed by atoms with Gasteiger partial charge in [-0.3, -0.25) is 0 Å². The van der Waals surface area contributed by atoms with Crippen LogP contribution in [0, 0.1) is 17.8 Å². The van der Waals surface area contributed by atoms with E-state index in [1.54, 1.807) is 0 Å². The summed E-state index contributed by atoms with van der Waals surface area (Å²) in [6.45, 7) is 16.1. The molecular formula is C17H38O3Si. The maximum absolute atomic E-state index is 6.11. The van der Waals surface area contributed by atoms with Gasteiger partial charge in [0, 0.05) is 6.61 Å². The molecule has 0 N–H and O–H groups in total. The second-order valence-electron chi connectivity index (χ2n) is 6.81. The summed E-state index contributed by atoms with van der Waals surface area (Å²) in [5.74, 6) is 1.74. The van der Waals surface area contributed by atoms with E-state index in [1.165, 1.54) is 0 Å². The second-order valence-corrected chi connectivity index (χ2v) is 8.33. The molecule has 0 bridgehead atoms. The van der Waals surface area contributed by atoms with Crippen LogP contribution in [-0.4, -0.2) is 42.1 Å². The van der Waals surface area contributed by atoms with E-state index in [-0.39, 0.29) is 0 Å². The predicted molar refractivity (Wildman–Crippen MR) is 93.8 cm³/mol. The lowest BCUT2D eigenvalue weighted by Gasteiger charge is -2.32. The smallest absolute Gasteiger partial charge is 0.163 e. The third kappa shape index (κ3) is 10.4. The third-order valence-corrected chi connectivity index (χ3v) is 5.07. The highest BCUT2D eigenvalue weighted by molar-refractivity contribution is 6.13. The molecule has 3 unspecified atom stereocenters. The van der Waals surface area contributed by atoms with E-state index in [0.717, 1.165) is 49.3 Å². The molecule has 0 spiro atoms. The molecular weight excluding hydrogens is 280 g/mol. The average molecular weight is 319 g/mol. The van der Waals surface area contributed by atoms with E-state index in [1.807, 2.05) is 0 Å². The van der Waals surface area contributed by atoms with Crippen molar-refractivity contribution in [1.82, 2.24) is 0 Å². The van der Waals surface area contributed by atoms with E-state index < -0.39 is 5.41 Å². The molecule has 3 nitrogen and oxygen atoms in total. The van der Waals surface area contributed by atoms with Gasteiger partial charge in [-0.1, -0.05) is 60.8 Å². The topological polar surface area (TPSA) is 27.7 Å². The van der Waals surface area contributed by atoms with Gasteiger partial charge in [-0.05, 0) is 17.8 Å². The molecule has 0 aliphatic carbocycles. The molecule has 128 valence electrons. The van der Waals surface area contributed by atoms with Crippen LogP contribution < -0.4 is 0 Å². The summed E-state index contributed by atoms with van der Waals surface area (Å²) < 4.78 is 18.1. The van der Waals surface area contributed by atoms with Gasteiger partial charge in [-0.15, -0.1) is 0 Å². The van der Waals surface area contributed by atoms with Crippen LogP contribution in [-0.2, 0) is 14.2 Å². The van der Waals surface area contributed by atoms with Crippen molar-refractivity contribution in [3.05, 3.63) is 0 Å². The van der Waals surface area contributed by atoms with Crippen molar-refractivity contribution >= 4 is 10.2 Å². The summed E-state index contributed by atoms with van der Waals surface area (Å²) in [7, 11) is 0.827. The van der Waals surface area contributed by atoms with Gasteiger partial charge in [-0.25, -0.2) is 0 Å². The molecule has 0 aliphatic heterocycles. The molecule has 0 aromatic carbocycles. The molecule has 0 aromatic rings. The average Bonchev–Trinajstić information content (AvgIpc) is 2.50. The molecule has 4 heteroatoms. The first kappa shape index (κ1) is 21.1. The third-order valence-electron chi connectivity index (χ3n) is 4.20. The molecule has 0 amide bonds. The van der Waals surface area contributed by atoms with Crippen molar-refractivity contribution < 1.29 is 14.2 Å². The molecule has 21 heavy (non-hydrogen) atoms. The Morgan fingerprint density at radius 2 is 1.14 bits per heavy atom. The Kier molecular flexibility index (Phi) is 11.7. The van der Waals surface area contributed by atoms with Gasteiger partial charge >= 0.3 is 0 Å². The van der Waals surface area contributed by atoms with Gasteiger partial charge in [-0.2, -0.15) is 0 Å². The lowest BCUT2D eigenvalue weighted by Crippen LogP contribution is -2.44. The van der Waals surface area contributed by atoms with E-state index in [2.05, 4.69) is 41.5 Å². The summed E-state index contributed by atoms with van der Waals surface area (Å²) in [4.78, 5) is 0. The fourth-order valence-electron chi connectivity index (χ4n) is 1.56. The molecule has 0 heterocycles. The molecule has 0 rings (SSSR count). The zero-order valence-corrected chi connectivity index (χ0v) is 17.4. The van der Waals surface area contributed by atoms with Gasteiger partial charge in [0.1, 0.15) is 0 Å². The first-order chi connectivity index (χ1) is 9.86. The zero-order valence-electron chi connectivity index (χ0n) is 15.4. The monoisotopic (exact) mass is 318 g/mol. The summed E-state index contributed by atoms with van der Waals surface area (Å²) in [5, 5.41) is 0. The van der Waals surface area contributed by atoms with Gasteiger partial charge in [0.05, 0.1) is 30.1 Å². The Balaban J connectivity index is 4.36. The molecule has 0 radical (unpaired) electrons. The van der Waals surface area contributed by atoms with Crippen LogP contribution in [0.4, 0.5) is 0 Å². The van der Waals surface area contributed by atoms with Crippen molar-refractivity contribution in [3.63, 3.8) is 0 Å². The van der Waals surface area contributed by atoms with Gasteiger partial charge < -0.3 is 14.2 Å². The summed E-state index contributed by atoms with van der Waals surface area (Å²) in [6, 6.07) is 0. The maximum Gasteiger partial charge on any atom is 0.163 e. The van der Waals surface area contributed by atoms with Gasteiger partial charge in [0.25, 0.3) is 0 Å². The van der Waals surface area contributed by atoms with Crippen LogP contribution in [0.15, 0.2) is 0 Å². The first-order valence-corrected chi connectivity index (χ1v) is 9.72. The standard InChI is InChI=1S/C17H38O3Si/c1-7-14(4)10-18-13-17(21,19-11-15(5)8-2)20-12-16(6)9-3/h14-16H,7-13H2,1-6,21H3. The lowest BCUT2D eigenvalue weighted by atomic mass is 10.1. The van der Waals surface area contributed by atoms with Gasteiger partial charge in [0.2, 0.25) is 0 Å². The highest BCUT2D eigenvalue weighted by Gasteiger charge is 2.27. The molecule has 0 saturated heterocycles. The maximum atomic E-state index is 6.11. The first-order valence-electron chi connectivity index (χ1n) is 8.72. The van der Waals surface area contributed by atoms with E-state index in [0.29, 0.717) is 24.4 Å². The highest BCUT2D eigenvalue weighted by atomic mass is 28.1. The molecule has 0 aromatic heterocycles. The molecule has 3 atom stereocenters. The van der Waals surface area contributed by atoms with Crippen molar-refractivity contribution in [1.29, 1.82) is 0 Å². The minimum absolute atomic E-state index is 0.486. The van der Waals surface area contributed by atoms with Crippen LogP contribution in [0.25, 0.3) is 0 Å². The fourth-order valence-corrected chi connectivity index (χ4v) is 2.10. The minimum Gasteiger partial charge on any atom is -0.376 e. The Hall–Kier alpha value is 0.0969. The van der Waals surface area contributed by atoms with Crippen molar-refractivity contribution in [2.45, 2.75) is 66.2 Å². The van der Waals surface area contributed by atoms with Crippen LogP contribution in [0.1, 0.15) is 60.8 Å². The Labute approximate surface area is 135 Å². The SMILES string of the molecule is CCC(C)COCC([SiH3])(OCC(C)CC)OCC(C)CC. The number of rotatable bonds is 13. The number of hydrogen-bond donors (Lipinski definition) is 0. The van der Waals surface area contributed by atoms with E-state index >= 15 is 0 Å². The second kappa shape index (κ2) is 11.6. The highest BCUT2D eigenvalue weighted by Crippen LogP contribution is 2.16. The Morgan fingerprint density at radius 3 is 1.52 bits per heavy atom. The van der Waals surface area contributed by atoms with Crippen LogP contribution in [0.2, 0.25) is 0 Å². The normalized spacial score (nSPS) is 19.1. The summed E-state index contributed by atoms with van der Waals surface area (Å²) in [6.07, 6.45) is 3.42. The summed E-state index contributed by atoms with van der Waals surface area (Å²) in [5.41, 5.74) is -0.486. The fraction of sp³-hybridized carbons (Fsp3) is 1.00. The zero-order chi connectivity index (χ0) is 16.3. The lowest BCUT2D eigenvalue weighted by molar-refractivity contribution is -0.217. The van der Waals surface area contributed by atoms with Crippen LogP contribution in [0.5, 0.6) is 0 Å². The minimum atomic E-state index is -0.486. The van der Waals surface area contributed by atoms with E-state index in [4.69, 9.17) is 14.2 Å². The molecule has 0 aliphatic rings. The Morgan fingerprint density at radius 1 is 0.762 bits per heavy atom. The summed E-state index contributed by atoms with van der Waals surface area (Å²) >= 11 is 0.